The van der Waals surface area contributed by atoms with Gasteiger partial charge in [0.25, 0.3) is 0 Å². The number of nitrogens with zero attached hydrogens (tertiary/aromatic N) is 1. The molecule has 1 saturated carbocycles. The van der Waals surface area contributed by atoms with E-state index < -0.39 is 0 Å². The minimum atomic E-state index is -0.0988. The highest BCUT2D eigenvalue weighted by Crippen LogP contribution is 2.52. The molecular weight excluding hydrogens is 214 g/mol. The first-order valence-electron chi connectivity index (χ1n) is 6.85. The van der Waals surface area contributed by atoms with E-state index in [4.69, 9.17) is 4.74 Å². The number of hydrogen-bond acceptors (Lipinski definition) is 3. The van der Waals surface area contributed by atoms with Gasteiger partial charge >= 0.3 is 0 Å². The summed E-state index contributed by atoms with van der Waals surface area (Å²) in [5, 5.41) is 0. The maximum absolute atomic E-state index is 12.1. The van der Waals surface area contributed by atoms with E-state index in [1.54, 1.807) is 0 Å². The van der Waals surface area contributed by atoms with E-state index >= 15 is 0 Å². The van der Waals surface area contributed by atoms with Crippen LogP contribution in [0.5, 0.6) is 0 Å². The van der Waals surface area contributed by atoms with Gasteiger partial charge in [-0.15, -0.1) is 0 Å². The van der Waals surface area contributed by atoms with Crippen LogP contribution in [0.25, 0.3) is 0 Å². The van der Waals surface area contributed by atoms with E-state index in [1.165, 1.54) is 0 Å². The molecule has 3 nitrogen and oxygen atoms in total. The lowest BCUT2D eigenvalue weighted by Gasteiger charge is -2.37. The standard InChI is InChI=1S/C14H23NO2/c1-13(2,3)17-11-4-7-15-9-14(5-6-14)12(16)8-10(11)15/h10-11H,4-9H2,1-3H3/t10-,11+/m1/s1. The Bertz CT molecular complexity index is 341. The summed E-state index contributed by atoms with van der Waals surface area (Å²) in [6.45, 7) is 8.41. The number of ketones is 1. The van der Waals surface area contributed by atoms with Crippen LogP contribution in [0.4, 0.5) is 0 Å². The second-order valence-corrected chi connectivity index (χ2v) is 7.00. The molecule has 3 aliphatic rings. The number of carbonyl (C=O) groups is 1. The molecule has 0 amide bonds. The molecule has 1 aliphatic carbocycles. The molecule has 0 radical (unpaired) electrons. The summed E-state index contributed by atoms with van der Waals surface area (Å²) in [5.74, 6) is 0.503. The van der Waals surface area contributed by atoms with Gasteiger partial charge in [0, 0.05) is 31.0 Å². The van der Waals surface area contributed by atoms with Crippen molar-refractivity contribution in [3.05, 3.63) is 0 Å². The molecule has 0 N–H and O–H groups in total. The zero-order valence-corrected chi connectivity index (χ0v) is 11.2. The second-order valence-electron chi connectivity index (χ2n) is 7.00. The number of fused-ring (bicyclic) bond motifs is 1. The maximum atomic E-state index is 12.1. The molecule has 96 valence electrons. The molecular formula is C14H23NO2. The van der Waals surface area contributed by atoms with Crippen molar-refractivity contribution in [1.82, 2.24) is 4.90 Å². The largest absolute Gasteiger partial charge is 0.371 e. The lowest BCUT2D eigenvalue weighted by Crippen LogP contribution is -2.49. The van der Waals surface area contributed by atoms with E-state index in [0.717, 1.165) is 38.8 Å². The molecule has 17 heavy (non-hydrogen) atoms. The molecule has 2 saturated heterocycles. The predicted octanol–water partition coefficient (Wildman–Crippen LogP) is 2.00. The van der Waals surface area contributed by atoms with E-state index in [-0.39, 0.29) is 17.1 Å². The second kappa shape index (κ2) is 3.55. The average molecular weight is 237 g/mol. The van der Waals surface area contributed by atoms with Gasteiger partial charge in [-0.05, 0) is 40.0 Å². The molecule has 2 aliphatic heterocycles. The van der Waals surface area contributed by atoms with E-state index in [2.05, 4.69) is 25.7 Å². The Morgan fingerprint density at radius 2 is 2.06 bits per heavy atom. The van der Waals surface area contributed by atoms with Gasteiger partial charge in [-0.1, -0.05) is 0 Å². The summed E-state index contributed by atoms with van der Waals surface area (Å²) < 4.78 is 6.11. The van der Waals surface area contributed by atoms with Crippen molar-refractivity contribution in [1.29, 1.82) is 0 Å². The normalized spacial score (nSPS) is 36.3. The van der Waals surface area contributed by atoms with E-state index in [0.29, 0.717) is 11.8 Å². The summed E-state index contributed by atoms with van der Waals surface area (Å²) in [4.78, 5) is 14.7. The number of hydrogen-bond donors (Lipinski definition) is 0. The molecule has 0 bridgehead atoms. The third-order valence-electron chi connectivity index (χ3n) is 4.45. The Kier molecular flexibility index (Phi) is 2.43. The van der Waals surface area contributed by atoms with Crippen LogP contribution >= 0.6 is 0 Å². The fraction of sp³-hybridized carbons (Fsp3) is 0.929. The van der Waals surface area contributed by atoms with Gasteiger partial charge < -0.3 is 4.74 Å². The highest BCUT2D eigenvalue weighted by molar-refractivity contribution is 5.89. The maximum Gasteiger partial charge on any atom is 0.141 e. The Morgan fingerprint density at radius 3 is 2.65 bits per heavy atom. The molecule has 1 spiro atoms. The zero-order valence-electron chi connectivity index (χ0n) is 11.2. The summed E-state index contributed by atoms with van der Waals surface area (Å²) in [6, 6.07) is 0.355. The van der Waals surface area contributed by atoms with Crippen LogP contribution < -0.4 is 0 Å². The summed E-state index contributed by atoms with van der Waals surface area (Å²) >= 11 is 0. The van der Waals surface area contributed by atoms with E-state index in [9.17, 15) is 4.79 Å². The first-order valence-corrected chi connectivity index (χ1v) is 6.85. The minimum absolute atomic E-state index is 0.0765. The van der Waals surface area contributed by atoms with Crippen LogP contribution in [0.3, 0.4) is 0 Å². The van der Waals surface area contributed by atoms with Gasteiger partial charge in [0.1, 0.15) is 5.78 Å². The van der Waals surface area contributed by atoms with Crippen LogP contribution in [-0.2, 0) is 9.53 Å². The summed E-state index contributed by atoms with van der Waals surface area (Å²) in [5.41, 5.74) is -0.0223. The number of carbonyl (C=O) groups excluding carboxylic acids is 1. The zero-order chi connectivity index (χ0) is 12.3. The first-order chi connectivity index (χ1) is 7.90. The lowest BCUT2D eigenvalue weighted by atomic mass is 9.88. The average Bonchev–Trinajstić information content (AvgIpc) is 2.88. The molecule has 3 rings (SSSR count). The minimum Gasteiger partial charge on any atom is -0.371 e. The smallest absolute Gasteiger partial charge is 0.141 e. The van der Waals surface area contributed by atoms with Crippen LogP contribution in [0.1, 0.15) is 46.5 Å². The Morgan fingerprint density at radius 1 is 1.35 bits per heavy atom. The Labute approximate surface area is 104 Å². The topological polar surface area (TPSA) is 29.5 Å². The summed E-state index contributed by atoms with van der Waals surface area (Å²) in [7, 11) is 0. The highest BCUT2D eigenvalue weighted by Gasteiger charge is 2.56. The Hall–Kier alpha value is -0.410. The molecule has 0 aromatic carbocycles. The van der Waals surface area contributed by atoms with Crippen molar-refractivity contribution >= 4 is 5.78 Å². The number of piperidine rings is 1. The first kappa shape index (κ1) is 11.7. The van der Waals surface area contributed by atoms with E-state index in [1.807, 2.05) is 0 Å². The summed E-state index contributed by atoms with van der Waals surface area (Å²) in [6.07, 6.45) is 4.32. The molecule has 0 aromatic rings. The van der Waals surface area contributed by atoms with Crippen molar-refractivity contribution in [2.24, 2.45) is 5.41 Å². The third-order valence-corrected chi connectivity index (χ3v) is 4.45. The molecule has 0 unspecified atom stereocenters. The fourth-order valence-corrected chi connectivity index (χ4v) is 3.41. The monoisotopic (exact) mass is 237 g/mol. The number of rotatable bonds is 1. The van der Waals surface area contributed by atoms with Crippen molar-refractivity contribution in [3.8, 4) is 0 Å². The van der Waals surface area contributed by atoms with Gasteiger partial charge in [-0.3, -0.25) is 9.69 Å². The van der Waals surface area contributed by atoms with Gasteiger partial charge in [0.05, 0.1) is 11.7 Å². The van der Waals surface area contributed by atoms with Gasteiger partial charge in [-0.25, -0.2) is 0 Å². The predicted molar refractivity (Wildman–Crippen MR) is 65.9 cm³/mol. The highest BCUT2D eigenvalue weighted by atomic mass is 16.5. The molecule has 3 fully saturated rings. The molecule has 2 heterocycles. The van der Waals surface area contributed by atoms with Crippen molar-refractivity contribution in [2.45, 2.75) is 64.2 Å². The van der Waals surface area contributed by atoms with Crippen molar-refractivity contribution < 1.29 is 9.53 Å². The SMILES string of the molecule is CC(C)(C)O[C@H]1CCN2CC3(CC3)C(=O)C[C@H]12. The van der Waals surface area contributed by atoms with Crippen molar-refractivity contribution in [2.75, 3.05) is 13.1 Å². The van der Waals surface area contributed by atoms with Crippen LogP contribution in [0.15, 0.2) is 0 Å². The van der Waals surface area contributed by atoms with Gasteiger partial charge in [0.2, 0.25) is 0 Å². The fourth-order valence-electron chi connectivity index (χ4n) is 3.41. The molecule has 2 atom stereocenters. The lowest BCUT2D eigenvalue weighted by molar-refractivity contribution is -0.134. The van der Waals surface area contributed by atoms with Crippen LogP contribution in [0.2, 0.25) is 0 Å². The van der Waals surface area contributed by atoms with Gasteiger partial charge in [-0.2, -0.15) is 0 Å². The third kappa shape index (κ3) is 2.04. The van der Waals surface area contributed by atoms with Crippen LogP contribution in [0, 0.1) is 5.41 Å². The quantitative estimate of drug-likeness (QED) is 0.698. The van der Waals surface area contributed by atoms with Crippen LogP contribution in [-0.4, -0.2) is 41.5 Å². The Balaban J connectivity index is 1.70. The van der Waals surface area contributed by atoms with Gasteiger partial charge in [0.15, 0.2) is 0 Å². The number of ether oxygens (including phenoxy) is 1. The van der Waals surface area contributed by atoms with Crippen molar-refractivity contribution in [3.63, 3.8) is 0 Å². The molecule has 0 aromatic heterocycles. The number of Topliss-reactive ketones (excluding diaryl/α,β-unsaturated/α-hetero) is 1. The molecule has 3 heteroatoms.